The molecule has 6 nitrogen and oxygen atoms in total. The molecule has 0 saturated heterocycles. The summed E-state index contributed by atoms with van der Waals surface area (Å²) < 4.78 is 7.82. The number of aromatic nitrogens is 2. The molecule has 1 amide bonds. The summed E-state index contributed by atoms with van der Waals surface area (Å²) in [6.45, 7) is 5.01. The minimum Gasteiger partial charge on any atom is -0.488 e. The Kier molecular flexibility index (Phi) is 6.64. The van der Waals surface area contributed by atoms with Crippen LogP contribution in [-0.4, -0.2) is 21.7 Å². The lowest BCUT2D eigenvalue weighted by molar-refractivity contribution is 0.0992. The Morgan fingerprint density at radius 2 is 1.64 bits per heavy atom. The molecule has 0 saturated carbocycles. The van der Waals surface area contributed by atoms with Crippen LogP contribution in [0.2, 0.25) is 0 Å². The van der Waals surface area contributed by atoms with Crippen molar-refractivity contribution in [1.82, 2.24) is 9.55 Å². The van der Waals surface area contributed by atoms with E-state index in [1.807, 2.05) is 74.5 Å². The van der Waals surface area contributed by atoms with Gasteiger partial charge >= 0.3 is 0 Å². The highest BCUT2D eigenvalue weighted by Gasteiger charge is 2.17. The second-order valence-corrected chi connectivity index (χ2v) is 7.91. The van der Waals surface area contributed by atoms with Crippen molar-refractivity contribution >= 4 is 17.9 Å². The summed E-state index contributed by atoms with van der Waals surface area (Å²) in [6, 6.07) is 23.8. The maximum atomic E-state index is 12.2. The Bertz CT molecular complexity index is 1260. The molecule has 4 rings (SSSR count). The van der Waals surface area contributed by atoms with Gasteiger partial charge in [-0.1, -0.05) is 72.8 Å². The molecule has 2 N–H and O–H groups in total. The number of carbonyl (C=O) groups excluding carboxylic acids is 1. The van der Waals surface area contributed by atoms with Crippen LogP contribution in [0.15, 0.2) is 84.1 Å². The summed E-state index contributed by atoms with van der Waals surface area (Å²) in [5.41, 5.74) is 11.1. The molecule has 0 radical (unpaired) electrons. The van der Waals surface area contributed by atoms with Gasteiger partial charge in [-0.25, -0.2) is 9.98 Å². The highest BCUT2D eigenvalue weighted by Crippen LogP contribution is 2.27. The minimum atomic E-state index is -0.566. The number of hydrogen-bond donors (Lipinski definition) is 1. The van der Waals surface area contributed by atoms with Crippen molar-refractivity contribution < 1.29 is 9.53 Å². The number of ether oxygens (including phenoxy) is 1. The second kappa shape index (κ2) is 9.96. The molecule has 4 aromatic rings. The number of benzene rings is 3. The lowest BCUT2D eigenvalue weighted by Gasteiger charge is -2.15. The average molecular weight is 439 g/mol. The first-order valence-electron chi connectivity index (χ1n) is 10.7. The van der Waals surface area contributed by atoms with Crippen LogP contribution in [0.3, 0.4) is 0 Å². The van der Waals surface area contributed by atoms with E-state index in [1.165, 1.54) is 0 Å². The first kappa shape index (κ1) is 22.0. The minimum absolute atomic E-state index is 0.280. The van der Waals surface area contributed by atoms with Crippen LogP contribution in [0.25, 0.3) is 0 Å². The van der Waals surface area contributed by atoms with Crippen molar-refractivity contribution in [3.05, 3.63) is 113 Å². The molecule has 0 unspecified atom stereocenters. The standard InChI is InChI=1S/C27H26N4O2/c1-19-13-23(14-20(2)25(19)33-17-22-11-7-4-8-12-22)16-31-18-30-27(24(31)26(28)32)29-15-21-9-5-3-6-10-21/h3-15,18H,16-17H2,1-2H3,(H2,28,32). The summed E-state index contributed by atoms with van der Waals surface area (Å²) in [6.07, 6.45) is 3.27. The molecule has 0 spiro atoms. The van der Waals surface area contributed by atoms with E-state index in [0.29, 0.717) is 19.0 Å². The first-order valence-corrected chi connectivity index (χ1v) is 10.7. The molecular formula is C27H26N4O2. The number of carbonyl (C=O) groups is 1. The van der Waals surface area contributed by atoms with Gasteiger partial charge < -0.3 is 15.0 Å². The number of imidazole rings is 1. The van der Waals surface area contributed by atoms with E-state index in [2.05, 4.69) is 22.1 Å². The Morgan fingerprint density at radius 1 is 1.00 bits per heavy atom. The van der Waals surface area contributed by atoms with Crippen molar-refractivity contribution in [2.75, 3.05) is 0 Å². The zero-order chi connectivity index (χ0) is 23.2. The van der Waals surface area contributed by atoms with Crippen LogP contribution < -0.4 is 10.5 Å². The largest absolute Gasteiger partial charge is 0.488 e. The van der Waals surface area contributed by atoms with Gasteiger partial charge in [0.05, 0.1) is 6.33 Å². The third-order valence-corrected chi connectivity index (χ3v) is 5.29. The normalized spacial score (nSPS) is 11.1. The van der Waals surface area contributed by atoms with Crippen LogP contribution in [-0.2, 0) is 13.2 Å². The van der Waals surface area contributed by atoms with Gasteiger partial charge in [-0.15, -0.1) is 0 Å². The van der Waals surface area contributed by atoms with Crippen molar-refractivity contribution in [3.63, 3.8) is 0 Å². The van der Waals surface area contributed by atoms with Gasteiger partial charge in [-0.2, -0.15) is 0 Å². The lowest BCUT2D eigenvalue weighted by atomic mass is 10.1. The Morgan fingerprint density at radius 3 is 2.27 bits per heavy atom. The van der Waals surface area contributed by atoms with E-state index in [1.54, 1.807) is 17.1 Å². The summed E-state index contributed by atoms with van der Waals surface area (Å²) >= 11 is 0. The lowest BCUT2D eigenvalue weighted by Crippen LogP contribution is -2.17. The molecule has 0 fully saturated rings. The van der Waals surface area contributed by atoms with Crippen LogP contribution in [0.4, 0.5) is 5.82 Å². The summed E-state index contributed by atoms with van der Waals surface area (Å²) in [4.78, 5) is 20.9. The van der Waals surface area contributed by atoms with Gasteiger partial charge in [0, 0.05) is 12.8 Å². The van der Waals surface area contributed by atoms with E-state index in [9.17, 15) is 4.79 Å². The summed E-state index contributed by atoms with van der Waals surface area (Å²) in [5.74, 6) is 0.614. The highest BCUT2D eigenvalue weighted by atomic mass is 16.5. The second-order valence-electron chi connectivity index (χ2n) is 7.91. The number of nitrogens with two attached hydrogens (primary N) is 1. The predicted octanol–water partition coefficient (Wildman–Crippen LogP) is 4.98. The smallest absolute Gasteiger partial charge is 0.269 e. The SMILES string of the molecule is Cc1cc(Cn2cnc(N=Cc3ccccc3)c2C(N)=O)cc(C)c1OCc1ccccc1. The molecule has 0 aliphatic carbocycles. The van der Waals surface area contributed by atoms with Gasteiger partial charge in [0.15, 0.2) is 11.5 Å². The molecule has 1 heterocycles. The maximum Gasteiger partial charge on any atom is 0.269 e. The predicted molar refractivity (Wildman–Crippen MR) is 130 cm³/mol. The third kappa shape index (κ3) is 5.36. The zero-order valence-electron chi connectivity index (χ0n) is 18.7. The molecule has 6 heteroatoms. The fourth-order valence-electron chi connectivity index (χ4n) is 3.80. The van der Waals surface area contributed by atoms with Gasteiger partial charge in [0.25, 0.3) is 5.91 Å². The molecule has 0 bridgehead atoms. The van der Waals surface area contributed by atoms with Crippen molar-refractivity contribution in [1.29, 1.82) is 0 Å². The van der Waals surface area contributed by atoms with Gasteiger partial charge in [0.2, 0.25) is 0 Å². The Balaban J connectivity index is 1.54. The van der Waals surface area contributed by atoms with Crippen LogP contribution in [0.5, 0.6) is 5.75 Å². The van der Waals surface area contributed by atoms with Crippen LogP contribution >= 0.6 is 0 Å². The molecule has 33 heavy (non-hydrogen) atoms. The number of primary amides is 1. The van der Waals surface area contributed by atoms with Crippen LogP contribution in [0.1, 0.15) is 38.3 Å². The van der Waals surface area contributed by atoms with Gasteiger partial charge in [-0.3, -0.25) is 4.79 Å². The Labute approximate surface area is 193 Å². The quantitative estimate of drug-likeness (QED) is 0.394. The number of hydrogen-bond acceptors (Lipinski definition) is 4. The van der Waals surface area contributed by atoms with Crippen molar-refractivity contribution in [3.8, 4) is 5.75 Å². The fraction of sp³-hybridized carbons (Fsp3) is 0.148. The zero-order valence-corrected chi connectivity index (χ0v) is 18.7. The molecule has 166 valence electrons. The molecular weight excluding hydrogens is 412 g/mol. The first-order chi connectivity index (χ1) is 16.0. The highest BCUT2D eigenvalue weighted by molar-refractivity contribution is 5.96. The number of aryl methyl sites for hydroxylation is 2. The van der Waals surface area contributed by atoms with Crippen LogP contribution in [0, 0.1) is 13.8 Å². The number of amides is 1. The number of rotatable bonds is 8. The van der Waals surface area contributed by atoms with Crippen molar-refractivity contribution in [2.24, 2.45) is 10.7 Å². The number of nitrogens with zero attached hydrogens (tertiary/aromatic N) is 3. The van der Waals surface area contributed by atoms with E-state index in [-0.39, 0.29) is 5.69 Å². The summed E-state index contributed by atoms with van der Waals surface area (Å²) in [7, 11) is 0. The Hall–Kier alpha value is -4.19. The van der Waals surface area contributed by atoms with E-state index >= 15 is 0 Å². The fourth-order valence-corrected chi connectivity index (χ4v) is 3.80. The maximum absolute atomic E-state index is 12.2. The molecule has 0 aliphatic rings. The summed E-state index contributed by atoms with van der Waals surface area (Å²) in [5, 5.41) is 0. The van der Waals surface area contributed by atoms with E-state index in [0.717, 1.165) is 33.6 Å². The van der Waals surface area contributed by atoms with Gasteiger partial charge in [-0.05, 0) is 41.7 Å². The topological polar surface area (TPSA) is 82.5 Å². The molecule has 0 aliphatic heterocycles. The van der Waals surface area contributed by atoms with E-state index in [4.69, 9.17) is 10.5 Å². The third-order valence-electron chi connectivity index (χ3n) is 5.29. The monoisotopic (exact) mass is 438 g/mol. The van der Waals surface area contributed by atoms with E-state index < -0.39 is 5.91 Å². The van der Waals surface area contributed by atoms with Crippen molar-refractivity contribution in [2.45, 2.75) is 27.0 Å². The number of aliphatic imine (C=N–C) groups is 1. The molecule has 3 aromatic carbocycles. The average Bonchev–Trinajstić information content (AvgIpc) is 3.21. The molecule has 1 aromatic heterocycles. The van der Waals surface area contributed by atoms with Gasteiger partial charge in [0.1, 0.15) is 12.4 Å². The molecule has 0 atom stereocenters.